The van der Waals surface area contributed by atoms with Crippen LogP contribution >= 0.6 is 12.2 Å². The summed E-state index contributed by atoms with van der Waals surface area (Å²) in [6.45, 7) is 10.3. The van der Waals surface area contributed by atoms with Crippen LogP contribution in [0.2, 0.25) is 0 Å². The first-order valence-corrected chi connectivity index (χ1v) is 9.44. The Hall–Kier alpha value is -1.73. The van der Waals surface area contributed by atoms with E-state index in [4.69, 9.17) is 12.2 Å². The molecule has 0 saturated carbocycles. The maximum atomic E-state index is 13.0. The molecule has 0 spiro atoms. The minimum absolute atomic E-state index is 0.0583. The Balaban J connectivity index is 1.77. The number of thiocarbonyl (C=S) groups is 1. The molecule has 0 aliphatic carbocycles. The maximum absolute atomic E-state index is 13.0. The molecule has 5 nitrogen and oxygen atoms in total. The van der Waals surface area contributed by atoms with E-state index < -0.39 is 0 Å². The number of hydrogen-bond acceptors (Lipinski definition) is 3. The summed E-state index contributed by atoms with van der Waals surface area (Å²) in [5, 5.41) is 6.95. The van der Waals surface area contributed by atoms with Crippen LogP contribution in [-0.4, -0.2) is 59.1 Å². The Bertz CT molecular complexity index is 615. The monoisotopic (exact) mass is 380 g/mol. The van der Waals surface area contributed by atoms with Crippen molar-refractivity contribution in [3.8, 4) is 0 Å². The Morgan fingerprint density at radius 3 is 2.50 bits per heavy atom. The van der Waals surface area contributed by atoms with Crippen LogP contribution in [0.3, 0.4) is 0 Å². The number of amides is 1. The van der Waals surface area contributed by atoms with E-state index in [0.717, 1.165) is 38.2 Å². The van der Waals surface area contributed by atoms with Crippen LogP contribution in [-0.2, 0) is 11.3 Å². The lowest BCUT2D eigenvalue weighted by atomic mass is 10.1. The van der Waals surface area contributed by atoms with E-state index in [1.54, 1.807) is 12.1 Å². The van der Waals surface area contributed by atoms with Crippen LogP contribution in [0.15, 0.2) is 24.3 Å². The molecule has 144 valence electrons. The minimum atomic E-state index is -0.237. The molecule has 2 N–H and O–H groups in total. The van der Waals surface area contributed by atoms with Gasteiger partial charge in [0.1, 0.15) is 5.82 Å². The highest BCUT2D eigenvalue weighted by atomic mass is 32.1. The topological polar surface area (TPSA) is 47.6 Å². The number of rotatable bonds is 4. The van der Waals surface area contributed by atoms with Crippen LogP contribution < -0.4 is 10.6 Å². The van der Waals surface area contributed by atoms with Gasteiger partial charge in [-0.05, 0) is 57.1 Å². The van der Waals surface area contributed by atoms with E-state index in [9.17, 15) is 9.18 Å². The molecular weight excluding hydrogens is 351 g/mol. The van der Waals surface area contributed by atoms with E-state index in [-0.39, 0.29) is 17.3 Å². The second-order valence-corrected chi connectivity index (χ2v) is 8.09. The Kier molecular flexibility index (Phi) is 7.34. The van der Waals surface area contributed by atoms with Gasteiger partial charge in [-0.3, -0.25) is 9.69 Å². The molecule has 1 aliphatic heterocycles. The number of carbonyl (C=O) groups is 1. The summed E-state index contributed by atoms with van der Waals surface area (Å²) < 4.78 is 13.0. The summed E-state index contributed by atoms with van der Waals surface area (Å²) in [6.07, 6.45) is 0.959. The largest absolute Gasteiger partial charge is 0.358 e. The quantitative estimate of drug-likeness (QED) is 0.784. The fourth-order valence-electron chi connectivity index (χ4n) is 2.88. The Morgan fingerprint density at radius 2 is 1.85 bits per heavy atom. The molecule has 1 heterocycles. The van der Waals surface area contributed by atoms with Gasteiger partial charge in [0.05, 0.1) is 6.54 Å². The second kappa shape index (κ2) is 9.28. The maximum Gasteiger partial charge on any atom is 0.234 e. The van der Waals surface area contributed by atoms with Crippen molar-refractivity contribution in [2.75, 3.05) is 32.7 Å². The number of benzene rings is 1. The van der Waals surface area contributed by atoms with Crippen LogP contribution in [0.4, 0.5) is 4.39 Å². The molecule has 0 aromatic heterocycles. The average molecular weight is 381 g/mol. The van der Waals surface area contributed by atoms with Crippen LogP contribution in [0.5, 0.6) is 0 Å². The van der Waals surface area contributed by atoms with Crippen LogP contribution in [0.1, 0.15) is 32.8 Å². The lowest BCUT2D eigenvalue weighted by Gasteiger charge is -2.26. The lowest BCUT2D eigenvalue weighted by molar-refractivity contribution is -0.123. The summed E-state index contributed by atoms with van der Waals surface area (Å²) in [4.78, 5) is 16.4. The van der Waals surface area contributed by atoms with Crippen molar-refractivity contribution in [2.24, 2.45) is 0 Å². The number of hydrogen-bond donors (Lipinski definition) is 2. The van der Waals surface area contributed by atoms with Crippen molar-refractivity contribution in [1.29, 1.82) is 0 Å². The molecule has 1 aromatic carbocycles. The number of nitrogens with one attached hydrogen (secondary N) is 2. The van der Waals surface area contributed by atoms with E-state index in [0.29, 0.717) is 18.2 Å². The average Bonchev–Trinajstić information content (AvgIpc) is 2.78. The smallest absolute Gasteiger partial charge is 0.234 e. The SMILES string of the molecule is CC(C)(C)NC(=O)CN1CCCN(C(=S)NCc2ccc(F)cc2)CC1. The van der Waals surface area contributed by atoms with Gasteiger partial charge in [-0.2, -0.15) is 0 Å². The van der Waals surface area contributed by atoms with Gasteiger partial charge < -0.3 is 15.5 Å². The van der Waals surface area contributed by atoms with Crippen molar-refractivity contribution in [1.82, 2.24) is 20.4 Å². The van der Waals surface area contributed by atoms with E-state index >= 15 is 0 Å². The molecule has 1 amide bonds. The van der Waals surface area contributed by atoms with Crippen molar-refractivity contribution in [3.05, 3.63) is 35.6 Å². The standard InChI is InChI=1S/C19H29FN4OS/c1-19(2,3)22-17(25)14-23-9-4-10-24(12-11-23)18(26)21-13-15-5-7-16(20)8-6-15/h5-8H,4,9-14H2,1-3H3,(H,21,26)(H,22,25). The van der Waals surface area contributed by atoms with Gasteiger partial charge in [0, 0.05) is 38.3 Å². The summed E-state index contributed by atoms with van der Waals surface area (Å²) in [5.74, 6) is -0.178. The fourth-order valence-corrected chi connectivity index (χ4v) is 3.14. The molecular formula is C19H29FN4OS. The van der Waals surface area contributed by atoms with Gasteiger partial charge in [-0.1, -0.05) is 12.1 Å². The predicted molar refractivity (Wildman–Crippen MR) is 106 cm³/mol. The third-order valence-electron chi connectivity index (χ3n) is 4.11. The molecule has 0 radical (unpaired) electrons. The van der Waals surface area contributed by atoms with Gasteiger partial charge in [0.25, 0.3) is 0 Å². The van der Waals surface area contributed by atoms with Gasteiger partial charge in [0.15, 0.2) is 5.11 Å². The van der Waals surface area contributed by atoms with Gasteiger partial charge in [-0.25, -0.2) is 4.39 Å². The molecule has 1 fully saturated rings. The second-order valence-electron chi connectivity index (χ2n) is 7.70. The summed E-state index contributed by atoms with van der Waals surface area (Å²) >= 11 is 5.50. The summed E-state index contributed by atoms with van der Waals surface area (Å²) in [6, 6.07) is 6.41. The molecule has 7 heteroatoms. The van der Waals surface area contributed by atoms with Crippen molar-refractivity contribution in [2.45, 2.75) is 39.3 Å². The Morgan fingerprint density at radius 1 is 1.15 bits per heavy atom. The minimum Gasteiger partial charge on any atom is -0.358 e. The predicted octanol–water partition coefficient (Wildman–Crippen LogP) is 2.12. The van der Waals surface area contributed by atoms with Crippen LogP contribution in [0, 0.1) is 5.82 Å². The number of halogens is 1. The molecule has 26 heavy (non-hydrogen) atoms. The molecule has 0 atom stereocenters. The van der Waals surface area contributed by atoms with Crippen molar-refractivity contribution >= 4 is 23.2 Å². The van der Waals surface area contributed by atoms with Crippen molar-refractivity contribution < 1.29 is 9.18 Å². The van der Waals surface area contributed by atoms with E-state index in [1.807, 2.05) is 20.8 Å². The highest BCUT2D eigenvalue weighted by Gasteiger charge is 2.20. The molecule has 0 bridgehead atoms. The third kappa shape index (κ3) is 7.25. The number of nitrogens with zero attached hydrogens (tertiary/aromatic N) is 2. The highest BCUT2D eigenvalue weighted by molar-refractivity contribution is 7.80. The van der Waals surface area contributed by atoms with E-state index in [1.165, 1.54) is 12.1 Å². The Labute approximate surface area is 160 Å². The zero-order chi connectivity index (χ0) is 19.2. The van der Waals surface area contributed by atoms with E-state index in [2.05, 4.69) is 20.4 Å². The van der Waals surface area contributed by atoms with Gasteiger partial charge in [0.2, 0.25) is 5.91 Å². The zero-order valence-electron chi connectivity index (χ0n) is 15.8. The molecule has 0 unspecified atom stereocenters. The molecule has 1 saturated heterocycles. The summed E-state index contributed by atoms with van der Waals surface area (Å²) in [7, 11) is 0. The first-order valence-electron chi connectivity index (χ1n) is 9.03. The molecule has 1 aromatic rings. The summed E-state index contributed by atoms with van der Waals surface area (Å²) in [5.41, 5.74) is 0.782. The van der Waals surface area contributed by atoms with Crippen LogP contribution in [0.25, 0.3) is 0 Å². The lowest BCUT2D eigenvalue weighted by Crippen LogP contribution is -2.47. The zero-order valence-corrected chi connectivity index (χ0v) is 16.7. The first-order chi connectivity index (χ1) is 12.2. The molecule has 2 rings (SSSR count). The molecule has 1 aliphatic rings. The fraction of sp³-hybridized carbons (Fsp3) is 0.579. The first kappa shape index (κ1) is 20.6. The third-order valence-corrected chi connectivity index (χ3v) is 4.52. The van der Waals surface area contributed by atoms with Gasteiger partial charge in [-0.15, -0.1) is 0 Å². The highest BCUT2D eigenvalue weighted by Crippen LogP contribution is 2.06. The normalized spacial score (nSPS) is 16.1. The van der Waals surface area contributed by atoms with Gasteiger partial charge >= 0.3 is 0 Å². The van der Waals surface area contributed by atoms with Crippen molar-refractivity contribution in [3.63, 3.8) is 0 Å². The number of carbonyl (C=O) groups excluding carboxylic acids is 1.